The Morgan fingerprint density at radius 1 is 1.25 bits per heavy atom. The molecule has 2 N–H and O–H groups in total. The Morgan fingerprint density at radius 2 is 2.10 bits per heavy atom. The number of benzene rings is 1. The van der Waals surface area contributed by atoms with Crippen LogP contribution in [0.2, 0.25) is 5.02 Å². The third-order valence-electron chi connectivity index (χ3n) is 2.30. The van der Waals surface area contributed by atoms with Gasteiger partial charge in [0.1, 0.15) is 0 Å². The first kappa shape index (κ1) is 12.6. The molecule has 8 nitrogen and oxygen atoms in total. The van der Waals surface area contributed by atoms with Crippen LogP contribution in [-0.2, 0) is 0 Å². The van der Waals surface area contributed by atoms with Crippen LogP contribution in [0.1, 0.15) is 10.6 Å². The van der Waals surface area contributed by atoms with Crippen molar-refractivity contribution >= 4 is 34.0 Å². The Balaban J connectivity index is 1.81. The molecule has 0 saturated heterocycles. The maximum Gasteiger partial charge on any atom is 0.299 e. The second-order valence-corrected chi connectivity index (χ2v) is 4.97. The molecule has 0 bridgehead atoms. The zero-order valence-corrected chi connectivity index (χ0v) is 11.3. The van der Waals surface area contributed by atoms with E-state index in [0.29, 0.717) is 15.2 Å². The Labute approximate surface area is 121 Å². The topological polar surface area (TPSA) is 109 Å². The number of hydrogen-bond acceptors (Lipinski definition) is 7. The number of carbonyl (C=O) groups excluding carboxylic acids is 1. The van der Waals surface area contributed by atoms with Crippen LogP contribution in [0.5, 0.6) is 0 Å². The van der Waals surface area contributed by atoms with Crippen LogP contribution < -0.4 is 5.32 Å². The van der Waals surface area contributed by atoms with Gasteiger partial charge in [0.15, 0.2) is 5.01 Å². The minimum absolute atomic E-state index is 0.0699. The predicted molar refractivity (Wildman–Crippen MR) is 72.5 cm³/mol. The lowest BCUT2D eigenvalue weighted by atomic mass is 10.2. The van der Waals surface area contributed by atoms with Gasteiger partial charge >= 0.3 is 0 Å². The molecule has 0 aliphatic heterocycles. The quantitative estimate of drug-likeness (QED) is 0.761. The molecule has 0 radical (unpaired) electrons. The number of nitrogens with one attached hydrogen (secondary N) is 2. The molecule has 3 aromatic rings. The molecule has 1 amide bonds. The molecule has 0 aliphatic rings. The van der Waals surface area contributed by atoms with Crippen molar-refractivity contribution in [3.63, 3.8) is 0 Å². The number of halogens is 1. The van der Waals surface area contributed by atoms with Crippen molar-refractivity contribution in [2.45, 2.75) is 0 Å². The summed E-state index contributed by atoms with van der Waals surface area (Å²) in [4.78, 5) is 11.7. The lowest BCUT2D eigenvalue weighted by Gasteiger charge is -1.97. The summed E-state index contributed by atoms with van der Waals surface area (Å²) in [5, 5.41) is 24.5. The number of amides is 1. The first-order chi connectivity index (χ1) is 9.74. The van der Waals surface area contributed by atoms with E-state index in [-0.39, 0.29) is 5.82 Å². The summed E-state index contributed by atoms with van der Waals surface area (Å²) in [5.74, 6) is -0.583. The smallest absolute Gasteiger partial charge is 0.294 e. The number of hydrogen-bond donors (Lipinski definition) is 2. The van der Waals surface area contributed by atoms with Gasteiger partial charge in [0.2, 0.25) is 5.13 Å². The van der Waals surface area contributed by atoms with Crippen LogP contribution in [0.3, 0.4) is 0 Å². The van der Waals surface area contributed by atoms with E-state index >= 15 is 0 Å². The number of rotatable bonds is 3. The molecule has 10 heteroatoms. The molecule has 0 atom stereocenters. The van der Waals surface area contributed by atoms with E-state index in [1.54, 1.807) is 6.07 Å². The monoisotopic (exact) mass is 307 g/mol. The minimum atomic E-state index is -0.513. The highest BCUT2D eigenvalue weighted by Crippen LogP contribution is 2.31. The predicted octanol–water partition coefficient (Wildman–Crippen LogP) is 1.62. The first-order valence-electron chi connectivity index (χ1n) is 5.37. The van der Waals surface area contributed by atoms with E-state index < -0.39 is 5.91 Å². The Kier molecular flexibility index (Phi) is 3.35. The van der Waals surface area contributed by atoms with Gasteiger partial charge in [-0.2, -0.15) is 5.21 Å². The lowest BCUT2D eigenvalue weighted by Crippen LogP contribution is -2.13. The molecule has 2 heterocycles. The molecule has 1 aromatic carbocycles. The highest BCUT2D eigenvalue weighted by atomic mass is 35.5. The van der Waals surface area contributed by atoms with Crippen LogP contribution in [0, 0.1) is 0 Å². The van der Waals surface area contributed by atoms with Crippen LogP contribution in [-0.4, -0.2) is 36.7 Å². The van der Waals surface area contributed by atoms with Crippen molar-refractivity contribution in [2.75, 3.05) is 5.32 Å². The van der Waals surface area contributed by atoms with Crippen molar-refractivity contribution in [2.24, 2.45) is 0 Å². The summed E-state index contributed by atoms with van der Waals surface area (Å²) in [6.07, 6.45) is 0. The van der Waals surface area contributed by atoms with Crippen molar-refractivity contribution in [3.8, 4) is 10.6 Å². The zero-order valence-electron chi connectivity index (χ0n) is 9.74. The second-order valence-electron chi connectivity index (χ2n) is 3.58. The fourth-order valence-corrected chi connectivity index (χ4v) is 2.49. The zero-order chi connectivity index (χ0) is 13.9. The molecule has 0 saturated carbocycles. The molecular formula is C10H6ClN7OS. The van der Waals surface area contributed by atoms with E-state index in [1.165, 1.54) is 11.3 Å². The number of carbonyl (C=O) groups is 1. The largest absolute Gasteiger partial charge is 0.299 e. The summed E-state index contributed by atoms with van der Waals surface area (Å²) in [6, 6.07) is 7.26. The maximum atomic E-state index is 11.7. The van der Waals surface area contributed by atoms with Gasteiger partial charge in [-0.25, -0.2) is 0 Å². The van der Waals surface area contributed by atoms with Gasteiger partial charge in [-0.1, -0.05) is 41.1 Å². The third kappa shape index (κ3) is 2.49. The minimum Gasteiger partial charge on any atom is -0.294 e. The molecule has 100 valence electrons. The van der Waals surface area contributed by atoms with Gasteiger partial charge in [0, 0.05) is 5.56 Å². The van der Waals surface area contributed by atoms with E-state index in [0.717, 1.165) is 5.56 Å². The molecular weight excluding hydrogens is 302 g/mol. The number of nitrogens with zero attached hydrogens (tertiary/aromatic N) is 5. The average Bonchev–Trinajstić information content (AvgIpc) is 3.10. The highest BCUT2D eigenvalue weighted by Gasteiger charge is 2.15. The molecule has 0 aliphatic carbocycles. The van der Waals surface area contributed by atoms with Crippen molar-refractivity contribution in [1.82, 2.24) is 30.8 Å². The third-order valence-corrected chi connectivity index (χ3v) is 3.50. The number of anilines is 1. The van der Waals surface area contributed by atoms with Gasteiger partial charge in [-0.3, -0.25) is 10.1 Å². The summed E-state index contributed by atoms with van der Waals surface area (Å²) in [5.41, 5.74) is 0.756. The van der Waals surface area contributed by atoms with Crippen LogP contribution in [0.15, 0.2) is 24.3 Å². The summed E-state index contributed by atoms with van der Waals surface area (Å²) in [7, 11) is 0. The summed E-state index contributed by atoms with van der Waals surface area (Å²) >= 11 is 7.28. The second kappa shape index (κ2) is 5.31. The normalized spacial score (nSPS) is 10.4. The average molecular weight is 308 g/mol. The summed E-state index contributed by atoms with van der Waals surface area (Å²) < 4.78 is 0. The van der Waals surface area contributed by atoms with Crippen LogP contribution in [0.25, 0.3) is 10.6 Å². The number of aromatic amines is 1. The molecule has 0 unspecified atom stereocenters. The van der Waals surface area contributed by atoms with Gasteiger partial charge in [-0.05, 0) is 11.3 Å². The molecule has 2 aromatic heterocycles. The molecule has 20 heavy (non-hydrogen) atoms. The standard InChI is InChI=1S/C10H6ClN7OS/c11-6-4-2-1-3-5(6)9-15-16-10(20-9)12-8(19)7-13-17-18-14-7/h1-4H,(H,12,16,19)(H,13,14,17,18). The van der Waals surface area contributed by atoms with E-state index in [9.17, 15) is 4.79 Å². The highest BCUT2D eigenvalue weighted by molar-refractivity contribution is 7.18. The Bertz CT molecular complexity index is 742. The number of H-pyrrole nitrogens is 1. The fraction of sp³-hybridized carbons (Fsp3) is 0. The van der Waals surface area contributed by atoms with E-state index in [2.05, 4.69) is 36.1 Å². The van der Waals surface area contributed by atoms with Crippen molar-refractivity contribution in [1.29, 1.82) is 0 Å². The van der Waals surface area contributed by atoms with Crippen molar-refractivity contribution < 1.29 is 4.79 Å². The summed E-state index contributed by atoms with van der Waals surface area (Å²) in [6.45, 7) is 0. The molecule has 0 fully saturated rings. The van der Waals surface area contributed by atoms with Crippen molar-refractivity contribution in [3.05, 3.63) is 35.1 Å². The SMILES string of the molecule is O=C(Nc1nnc(-c2ccccc2Cl)s1)c1nn[nH]n1. The van der Waals surface area contributed by atoms with Gasteiger partial charge in [0.05, 0.1) is 5.02 Å². The number of aromatic nitrogens is 6. The van der Waals surface area contributed by atoms with Crippen LogP contribution in [0.4, 0.5) is 5.13 Å². The van der Waals surface area contributed by atoms with Gasteiger partial charge < -0.3 is 0 Å². The van der Waals surface area contributed by atoms with E-state index in [4.69, 9.17) is 11.6 Å². The fourth-order valence-electron chi connectivity index (χ4n) is 1.43. The first-order valence-corrected chi connectivity index (χ1v) is 6.56. The van der Waals surface area contributed by atoms with Gasteiger partial charge in [0.25, 0.3) is 11.7 Å². The Hall–Kier alpha value is -2.39. The number of tetrazole rings is 1. The van der Waals surface area contributed by atoms with E-state index in [1.807, 2.05) is 18.2 Å². The maximum absolute atomic E-state index is 11.7. The van der Waals surface area contributed by atoms with Crippen LogP contribution >= 0.6 is 22.9 Å². The molecule has 3 rings (SSSR count). The molecule has 0 spiro atoms. The Morgan fingerprint density at radius 3 is 2.85 bits per heavy atom. The lowest BCUT2D eigenvalue weighted by molar-refractivity contribution is 0.101. The van der Waals surface area contributed by atoms with Gasteiger partial charge in [-0.15, -0.1) is 20.4 Å².